The van der Waals surface area contributed by atoms with Gasteiger partial charge in [-0.25, -0.2) is 4.98 Å². The van der Waals surface area contributed by atoms with Gasteiger partial charge in [-0.15, -0.1) is 0 Å². The Balaban J connectivity index is 1.37. The Morgan fingerprint density at radius 2 is 1.96 bits per heavy atom. The normalized spacial score (nSPS) is 18.1. The molecule has 142 valence electrons. The highest BCUT2D eigenvalue weighted by Gasteiger charge is 2.23. The van der Waals surface area contributed by atoms with Crippen LogP contribution in [0, 0.1) is 6.92 Å². The smallest absolute Gasteiger partial charge is 0.157 e. The number of fused-ring (bicyclic) bond motifs is 2. The Bertz CT molecular complexity index is 1150. The van der Waals surface area contributed by atoms with Crippen molar-refractivity contribution in [3.8, 4) is 0 Å². The van der Waals surface area contributed by atoms with Crippen LogP contribution in [-0.2, 0) is 6.54 Å². The summed E-state index contributed by atoms with van der Waals surface area (Å²) in [5, 5.41) is 4.40. The second-order valence-corrected chi connectivity index (χ2v) is 7.62. The lowest BCUT2D eigenvalue weighted by molar-refractivity contribution is 0.198. The van der Waals surface area contributed by atoms with Crippen LogP contribution in [0.3, 0.4) is 0 Å². The van der Waals surface area contributed by atoms with Gasteiger partial charge in [0.1, 0.15) is 5.82 Å². The molecule has 0 amide bonds. The minimum Gasteiger partial charge on any atom is -0.384 e. The molecule has 3 aromatic heterocycles. The van der Waals surface area contributed by atoms with Gasteiger partial charge in [0.2, 0.25) is 0 Å². The molecule has 1 fully saturated rings. The lowest BCUT2D eigenvalue weighted by Gasteiger charge is -2.32. The maximum atomic E-state index is 6.22. The Hall–Kier alpha value is -3.06. The standard InChI is InChI=1S/C21H23N7/c1-14-9-21-25-18(11-20(22)28(21)26-14)16-3-2-8-27(13-16)12-15-4-5-17-19(10-15)24-7-6-23-17/h4-7,9-11,16H,2-3,8,12-13,22H2,1H3/t16-/m1/s1. The monoisotopic (exact) mass is 373 g/mol. The molecule has 0 spiro atoms. The predicted octanol–water partition coefficient (Wildman–Crippen LogP) is 2.94. The van der Waals surface area contributed by atoms with Crippen LogP contribution in [0.4, 0.5) is 5.82 Å². The number of piperidine rings is 1. The predicted molar refractivity (Wildman–Crippen MR) is 109 cm³/mol. The third-order valence-corrected chi connectivity index (χ3v) is 5.46. The maximum absolute atomic E-state index is 6.22. The van der Waals surface area contributed by atoms with Gasteiger partial charge in [-0.2, -0.15) is 9.61 Å². The number of nitrogens with zero attached hydrogens (tertiary/aromatic N) is 6. The average molecular weight is 373 g/mol. The minimum absolute atomic E-state index is 0.386. The second kappa shape index (κ2) is 6.83. The van der Waals surface area contributed by atoms with E-state index in [0.717, 1.165) is 60.5 Å². The molecule has 0 aliphatic carbocycles. The van der Waals surface area contributed by atoms with E-state index >= 15 is 0 Å². The number of nitrogen functional groups attached to an aromatic ring is 1. The summed E-state index contributed by atoms with van der Waals surface area (Å²) in [4.78, 5) is 16.1. The lowest BCUT2D eigenvalue weighted by Crippen LogP contribution is -2.34. The molecule has 28 heavy (non-hydrogen) atoms. The van der Waals surface area contributed by atoms with E-state index in [1.54, 1.807) is 16.9 Å². The molecule has 0 saturated carbocycles. The van der Waals surface area contributed by atoms with Gasteiger partial charge in [0, 0.05) is 43.5 Å². The van der Waals surface area contributed by atoms with E-state index < -0.39 is 0 Å². The zero-order valence-electron chi connectivity index (χ0n) is 15.9. The van der Waals surface area contributed by atoms with E-state index in [4.69, 9.17) is 10.7 Å². The van der Waals surface area contributed by atoms with Crippen LogP contribution in [0.25, 0.3) is 16.7 Å². The van der Waals surface area contributed by atoms with Gasteiger partial charge in [-0.1, -0.05) is 6.07 Å². The maximum Gasteiger partial charge on any atom is 0.157 e. The van der Waals surface area contributed by atoms with Crippen molar-refractivity contribution in [2.24, 2.45) is 0 Å². The summed E-state index contributed by atoms with van der Waals surface area (Å²) < 4.78 is 1.72. The molecule has 0 unspecified atom stereocenters. The van der Waals surface area contributed by atoms with Crippen LogP contribution in [-0.4, -0.2) is 42.6 Å². The summed E-state index contributed by atoms with van der Waals surface area (Å²) in [6, 6.07) is 10.3. The van der Waals surface area contributed by atoms with E-state index in [-0.39, 0.29) is 0 Å². The molecule has 4 heterocycles. The largest absolute Gasteiger partial charge is 0.384 e. The zero-order chi connectivity index (χ0) is 19.1. The molecule has 2 N–H and O–H groups in total. The third-order valence-electron chi connectivity index (χ3n) is 5.46. The fraction of sp³-hybridized carbons (Fsp3) is 0.333. The second-order valence-electron chi connectivity index (χ2n) is 7.62. The van der Waals surface area contributed by atoms with Gasteiger partial charge < -0.3 is 5.73 Å². The van der Waals surface area contributed by atoms with Crippen LogP contribution in [0.2, 0.25) is 0 Å². The molecule has 5 rings (SSSR count). The summed E-state index contributed by atoms with van der Waals surface area (Å²) in [6.45, 7) is 4.95. The van der Waals surface area contributed by atoms with Gasteiger partial charge in [-0.05, 0) is 44.0 Å². The number of rotatable bonds is 3. The highest BCUT2D eigenvalue weighted by Crippen LogP contribution is 2.28. The van der Waals surface area contributed by atoms with Crippen LogP contribution < -0.4 is 5.73 Å². The number of benzene rings is 1. The van der Waals surface area contributed by atoms with Crippen molar-refractivity contribution in [1.29, 1.82) is 0 Å². The van der Waals surface area contributed by atoms with Crippen molar-refractivity contribution in [3.63, 3.8) is 0 Å². The van der Waals surface area contributed by atoms with Crippen molar-refractivity contribution >= 4 is 22.5 Å². The molecule has 7 nitrogen and oxygen atoms in total. The van der Waals surface area contributed by atoms with Crippen molar-refractivity contribution in [2.75, 3.05) is 18.8 Å². The van der Waals surface area contributed by atoms with Crippen LogP contribution in [0.15, 0.2) is 42.7 Å². The number of hydrogen-bond acceptors (Lipinski definition) is 6. The number of anilines is 1. The summed E-state index contributed by atoms with van der Waals surface area (Å²) in [7, 11) is 0. The quantitative estimate of drug-likeness (QED) is 0.594. The van der Waals surface area contributed by atoms with Crippen molar-refractivity contribution < 1.29 is 0 Å². The van der Waals surface area contributed by atoms with Crippen LogP contribution in [0.1, 0.15) is 35.7 Å². The van der Waals surface area contributed by atoms with Crippen molar-refractivity contribution in [3.05, 3.63) is 59.7 Å². The fourth-order valence-corrected chi connectivity index (χ4v) is 4.15. The van der Waals surface area contributed by atoms with Gasteiger partial charge >= 0.3 is 0 Å². The number of nitrogens with two attached hydrogens (primary N) is 1. The first-order chi connectivity index (χ1) is 13.7. The molecule has 7 heteroatoms. The number of aromatic nitrogens is 5. The summed E-state index contributed by atoms with van der Waals surface area (Å²) >= 11 is 0. The van der Waals surface area contributed by atoms with E-state index in [0.29, 0.717) is 11.7 Å². The van der Waals surface area contributed by atoms with Gasteiger partial charge in [0.05, 0.1) is 22.4 Å². The summed E-state index contributed by atoms with van der Waals surface area (Å²) in [5.41, 5.74) is 12.2. The molecule has 0 bridgehead atoms. The summed E-state index contributed by atoms with van der Waals surface area (Å²) in [5.74, 6) is 1.04. The van der Waals surface area contributed by atoms with Crippen molar-refractivity contribution in [1.82, 2.24) is 29.5 Å². The van der Waals surface area contributed by atoms with E-state index in [9.17, 15) is 0 Å². The van der Waals surface area contributed by atoms with Gasteiger partial charge in [0.15, 0.2) is 5.65 Å². The average Bonchev–Trinajstić information content (AvgIpc) is 3.09. The SMILES string of the molecule is Cc1cc2nc([C@@H]3CCCN(Cc4ccc5nccnc5c4)C3)cc(N)n2n1. The number of likely N-dealkylation sites (tertiary alicyclic amines) is 1. The van der Waals surface area contributed by atoms with Crippen molar-refractivity contribution in [2.45, 2.75) is 32.2 Å². The lowest BCUT2D eigenvalue weighted by atomic mass is 9.94. The Labute approximate surface area is 163 Å². The molecular weight excluding hydrogens is 350 g/mol. The van der Waals surface area contributed by atoms with E-state index in [2.05, 4.69) is 38.2 Å². The number of aryl methyl sites for hydroxylation is 1. The van der Waals surface area contributed by atoms with Gasteiger partial charge in [0.25, 0.3) is 0 Å². The first-order valence-electron chi connectivity index (χ1n) is 9.70. The highest BCUT2D eigenvalue weighted by molar-refractivity contribution is 5.74. The first kappa shape index (κ1) is 17.1. The van der Waals surface area contributed by atoms with E-state index in [1.807, 2.05) is 19.1 Å². The Kier molecular flexibility index (Phi) is 4.16. The van der Waals surface area contributed by atoms with Crippen LogP contribution in [0.5, 0.6) is 0 Å². The molecule has 1 aliphatic heterocycles. The molecule has 4 aromatic rings. The Morgan fingerprint density at radius 1 is 1.11 bits per heavy atom. The van der Waals surface area contributed by atoms with Crippen LogP contribution >= 0.6 is 0 Å². The zero-order valence-corrected chi connectivity index (χ0v) is 15.9. The minimum atomic E-state index is 0.386. The molecule has 1 atom stereocenters. The first-order valence-corrected chi connectivity index (χ1v) is 9.70. The molecule has 1 aromatic carbocycles. The molecule has 0 radical (unpaired) electrons. The molecule has 1 saturated heterocycles. The third kappa shape index (κ3) is 3.18. The topological polar surface area (TPSA) is 85.2 Å². The fourth-order valence-electron chi connectivity index (χ4n) is 4.15. The molecule has 1 aliphatic rings. The Morgan fingerprint density at radius 3 is 2.86 bits per heavy atom. The van der Waals surface area contributed by atoms with Gasteiger partial charge in [-0.3, -0.25) is 14.9 Å². The number of hydrogen-bond donors (Lipinski definition) is 1. The van der Waals surface area contributed by atoms with E-state index in [1.165, 1.54) is 5.56 Å². The highest BCUT2D eigenvalue weighted by atomic mass is 15.3. The molecular formula is C21H23N7. The summed E-state index contributed by atoms with van der Waals surface area (Å²) in [6.07, 6.45) is 5.76.